The fourth-order valence-electron chi connectivity index (χ4n) is 10.6. The van der Waals surface area contributed by atoms with Crippen molar-refractivity contribution in [1.82, 2.24) is 0 Å². The highest BCUT2D eigenvalue weighted by atomic mass is 14.7. The van der Waals surface area contributed by atoms with Crippen LogP contribution in [0.1, 0.15) is 90.9 Å². The number of hydrogen-bond donors (Lipinski definition) is 0. The highest BCUT2D eigenvalue weighted by molar-refractivity contribution is 5.12. The van der Waals surface area contributed by atoms with Crippen molar-refractivity contribution in [2.45, 2.75) is 90.9 Å². The minimum Gasteiger partial charge on any atom is -0.0594 e. The topological polar surface area (TPSA) is 0 Å². The standard InChI is InChI=1S/C25H40/c1-25(2)22-12-4-3-9-16(22)21-13-19-17-10-5-7-15-8-6-11-18(24(15)17)20(19)14-23(21)25/h15-24H,3-14H2,1-2H3. The largest absolute Gasteiger partial charge is 0.0594 e. The first-order valence-electron chi connectivity index (χ1n) is 12.2. The Morgan fingerprint density at radius 1 is 0.520 bits per heavy atom. The van der Waals surface area contributed by atoms with Crippen molar-refractivity contribution in [1.29, 1.82) is 0 Å². The van der Waals surface area contributed by atoms with Crippen LogP contribution in [0.4, 0.5) is 0 Å². The molecule has 0 aliphatic heterocycles. The lowest BCUT2D eigenvalue weighted by molar-refractivity contribution is 0.0497. The van der Waals surface area contributed by atoms with Gasteiger partial charge in [0.2, 0.25) is 0 Å². The summed E-state index contributed by atoms with van der Waals surface area (Å²) in [4.78, 5) is 0. The maximum Gasteiger partial charge on any atom is -0.0292 e. The number of rotatable bonds is 0. The van der Waals surface area contributed by atoms with Crippen molar-refractivity contribution in [3.63, 3.8) is 0 Å². The molecule has 6 rings (SSSR count). The summed E-state index contributed by atoms with van der Waals surface area (Å²) in [5.74, 6) is 11.4. The molecule has 0 aromatic rings. The first-order valence-corrected chi connectivity index (χ1v) is 12.2. The lowest BCUT2D eigenvalue weighted by atomic mass is 9.61. The third-order valence-corrected chi connectivity index (χ3v) is 11.3. The summed E-state index contributed by atoms with van der Waals surface area (Å²) >= 11 is 0. The van der Waals surface area contributed by atoms with Gasteiger partial charge < -0.3 is 0 Å². The zero-order chi connectivity index (χ0) is 16.8. The normalized spacial score (nSPS) is 58.8. The Morgan fingerprint density at radius 2 is 1.16 bits per heavy atom. The van der Waals surface area contributed by atoms with Gasteiger partial charge in [-0.1, -0.05) is 52.4 Å². The van der Waals surface area contributed by atoms with Crippen molar-refractivity contribution in [2.75, 3.05) is 0 Å². The van der Waals surface area contributed by atoms with E-state index in [4.69, 9.17) is 0 Å². The predicted octanol–water partition coefficient (Wildman–Crippen LogP) is 6.94. The first kappa shape index (κ1) is 16.0. The van der Waals surface area contributed by atoms with Gasteiger partial charge in [-0.05, 0) is 103 Å². The van der Waals surface area contributed by atoms with E-state index in [2.05, 4.69) is 13.8 Å². The van der Waals surface area contributed by atoms with Crippen LogP contribution in [-0.4, -0.2) is 0 Å². The van der Waals surface area contributed by atoms with Gasteiger partial charge in [-0.25, -0.2) is 0 Å². The van der Waals surface area contributed by atoms with Gasteiger partial charge in [-0.15, -0.1) is 0 Å². The van der Waals surface area contributed by atoms with Crippen molar-refractivity contribution < 1.29 is 0 Å². The van der Waals surface area contributed by atoms with Crippen LogP contribution in [0.25, 0.3) is 0 Å². The molecule has 0 nitrogen and oxygen atoms in total. The maximum absolute atomic E-state index is 2.70. The lowest BCUT2D eigenvalue weighted by Gasteiger charge is -2.44. The summed E-state index contributed by atoms with van der Waals surface area (Å²) in [5.41, 5.74) is 0.655. The van der Waals surface area contributed by atoms with Crippen LogP contribution in [0.3, 0.4) is 0 Å². The Kier molecular flexibility index (Phi) is 3.53. The van der Waals surface area contributed by atoms with Crippen LogP contribution < -0.4 is 0 Å². The zero-order valence-electron chi connectivity index (χ0n) is 16.8. The Balaban J connectivity index is 1.35. The van der Waals surface area contributed by atoms with E-state index in [1.807, 2.05) is 0 Å². The summed E-state index contributed by atoms with van der Waals surface area (Å²) in [6.45, 7) is 5.40. The molecule has 25 heavy (non-hydrogen) atoms. The smallest absolute Gasteiger partial charge is 0.0292 e. The third kappa shape index (κ3) is 2.07. The van der Waals surface area contributed by atoms with Crippen LogP contribution >= 0.6 is 0 Å². The van der Waals surface area contributed by atoms with E-state index < -0.39 is 0 Å². The van der Waals surface area contributed by atoms with Crippen LogP contribution in [-0.2, 0) is 0 Å². The minimum absolute atomic E-state index is 0.655. The molecule has 6 fully saturated rings. The molecule has 10 unspecified atom stereocenters. The molecule has 0 heteroatoms. The third-order valence-electron chi connectivity index (χ3n) is 11.3. The van der Waals surface area contributed by atoms with E-state index in [1.54, 1.807) is 70.6 Å². The molecule has 0 amide bonds. The van der Waals surface area contributed by atoms with Crippen molar-refractivity contribution in [2.24, 2.45) is 64.6 Å². The molecule has 6 aliphatic carbocycles. The van der Waals surface area contributed by atoms with E-state index in [-0.39, 0.29) is 0 Å². The first-order chi connectivity index (χ1) is 12.2. The molecule has 0 aromatic carbocycles. The summed E-state index contributed by atoms with van der Waals surface area (Å²) in [7, 11) is 0. The van der Waals surface area contributed by atoms with Gasteiger partial charge in [-0.2, -0.15) is 0 Å². The molecule has 10 atom stereocenters. The fourth-order valence-corrected chi connectivity index (χ4v) is 10.6. The van der Waals surface area contributed by atoms with Gasteiger partial charge in [0, 0.05) is 0 Å². The van der Waals surface area contributed by atoms with E-state index in [0.717, 1.165) is 47.3 Å². The van der Waals surface area contributed by atoms with Crippen molar-refractivity contribution in [3.05, 3.63) is 0 Å². The van der Waals surface area contributed by atoms with E-state index in [1.165, 1.54) is 18.3 Å². The average Bonchev–Trinajstić information content (AvgIpc) is 3.07. The molecule has 0 saturated heterocycles. The maximum atomic E-state index is 2.70. The second-order valence-electron chi connectivity index (χ2n) is 12.0. The molecule has 140 valence electrons. The summed E-state index contributed by atoms with van der Waals surface area (Å²) < 4.78 is 0. The van der Waals surface area contributed by atoms with Crippen LogP contribution in [0.15, 0.2) is 0 Å². The van der Waals surface area contributed by atoms with Crippen LogP contribution in [0.5, 0.6) is 0 Å². The summed E-state index contributed by atoms with van der Waals surface area (Å²) in [6.07, 6.45) is 19.1. The molecule has 0 radical (unpaired) electrons. The highest BCUT2D eigenvalue weighted by Gasteiger charge is 2.63. The molecule has 6 saturated carbocycles. The van der Waals surface area contributed by atoms with Gasteiger partial charge in [-0.3, -0.25) is 0 Å². The molecule has 6 aliphatic rings. The fraction of sp³-hybridized carbons (Fsp3) is 1.00. The van der Waals surface area contributed by atoms with Gasteiger partial charge in [0.25, 0.3) is 0 Å². The van der Waals surface area contributed by atoms with Gasteiger partial charge in [0.05, 0.1) is 0 Å². The molecule has 0 bridgehead atoms. The van der Waals surface area contributed by atoms with Gasteiger partial charge >= 0.3 is 0 Å². The molecule has 0 N–H and O–H groups in total. The lowest BCUT2D eigenvalue weighted by Crippen LogP contribution is -2.37. The quantitative estimate of drug-likeness (QED) is 0.448. The Bertz CT molecular complexity index is 530. The van der Waals surface area contributed by atoms with E-state index in [0.29, 0.717) is 5.41 Å². The van der Waals surface area contributed by atoms with Crippen molar-refractivity contribution >= 4 is 0 Å². The molecular formula is C25H40. The highest BCUT2D eigenvalue weighted by Crippen LogP contribution is 2.70. The van der Waals surface area contributed by atoms with E-state index in [9.17, 15) is 0 Å². The summed E-state index contributed by atoms with van der Waals surface area (Å²) in [5, 5.41) is 0. The Labute approximate surface area is 155 Å². The van der Waals surface area contributed by atoms with Crippen molar-refractivity contribution in [3.8, 4) is 0 Å². The van der Waals surface area contributed by atoms with Crippen LogP contribution in [0, 0.1) is 64.6 Å². The second-order valence-corrected chi connectivity index (χ2v) is 12.0. The van der Waals surface area contributed by atoms with Crippen LogP contribution in [0.2, 0.25) is 0 Å². The second kappa shape index (κ2) is 5.51. The Hall–Kier alpha value is 0. The summed E-state index contributed by atoms with van der Waals surface area (Å²) in [6, 6.07) is 0. The number of hydrogen-bond acceptors (Lipinski definition) is 0. The zero-order valence-corrected chi connectivity index (χ0v) is 16.8. The molecule has 0 heterocycles. The predicted molar refractivity (Wildman–Crippen MR) is 104 cm³/mol. The average molecular weight is 341 g/mol. The molecule has 0 aromatic heterocycles. The van der Waals surface area contributed by atoms with Gasteiger partial charge in [0.1, 0.15) is 0 Å². The molecular weight excluding hydrogens is 300 g/mol. The number of fused-ring (bicyclic) bond motifs is 6. The van der Waals surface area contributed by atoms with Gasteiger partial charge in [0.15, 0.2) is 0 Å². The Morgan fingerprint density at radius 3 is 1.92 bits per heavy atom. The SMILES string of the molecule is CC1(C)C2CCCCC2C2CC3C(CC21)C1CCCC2CCCC3C21. The molecule has 0 spiro atoms. The minimum atomic E-state index is 0.655. The monoisotopic (exact) mass is 340 g/mol. The van der Waals surface area contributed by atoms with E-state index >= 15 is 0 Å².